The van der Waals surface area contributed by atoms with Gasteiger partial charge in [-0.15, -0.1) is 0 Å². The number of rotatable bonds is 9. The lowest BCUT2D eigenvalue weighted by Crippen LogP contribution is -2.37. The Bertz CT molecular complexity index is 759. The van der Waals surface area contributed by atoms with Crippen molar-refractivity contribution in [3.63, 3.8) is 0 Å². The molecular weight excluding hydrogens is 382 g/mol. The van der Waals surface area contributed by atoms with Crippen molar-refractivity contribution in [1.29, 1.82) is 0 Å². The van der Waals surface area contributed by atoms with Crippen LogP contribution in [0.4, 0.5) is 0 Å². The molecule has 0 aromatic heterocycles. The zero-order valence-electron chi connectivity index (χ0n) is 17.2. The topological polar surface area (TPSA) is 131 Å². The Morgan fingerprint density at radius 3 is 2.07 bits per heavy atom. The predicted molar refractivity (Wildman–Crippen MR) is 102 cm³/mol. The first kappa shape index (κ1) is 24.1. The fourth-order valence-electron chi connectivity index (χ4n) is 2.18. The molecule has 0 aliphatic heterocycles. The third-order valence-electron chi connectivity index (χ3n) is 3.52. The van der Waals surface area contributed by atoms with Crippen LogP contribution in [-0.2, 0) is 35.1 Å². The van der Waals surface area contributed by atoms with Crippen molar-refractivity contribution in [1.82, 2.24) is 0 Å². The van der Waals surface area contributed by atoms with Crippen molar-refractivity contribution in [3.8, 4) is 11.5 Å². The molecule has 2 N–H and O–H groups in total. The lowest BCUT2D eigenvalue weighted by atomic mass is 10.1. The third-order valence-corrected chi connectivity index (χ3v) is 3.52. The second-order valence-corrected chi connectivity index (χ2v) is 6.81. The van der Waals surface area contributed by atoms with Gasteiger partial charge in [0.05, 0.1) is 5.92 Å². The van der Waals surface area contributed by atoms with Gasteiger partial charge >= 0.3 is 23.9 Å². The van der Waals surface area contributed by atoms with Crippen molar-refractivity contribution >= 4 is 23.9 Å². The number of carbonyl (C=O) groups is 4. The van der Waals surface area contributed by atoms with E-state index in [2.05, 4.69) is 0 Å². The highest BCUT2D eigenvalue weighted by atomic mass is 16.6. The Labute approximate surface area is 169 Å². The summed E-state index contributed by atoms with van der Waals surface area (Å²) in [7, 11) is 0. The highest BCUT2D eigenvalue weighted by Gasteiger charge is 2.21. The summed E-state index contributed by atoms with van der Waals surface area (Å²) in [6.45, 7) is 7.35. The number of carbonyl (C=O) groups excluding carboxylic acids is 4. The zero-order chi connectivity index (χ0) is 22.1. The van der Waals surface area contributed by atoms with Gasteiger partial charge in [0.2, 0.25) is 0 Å². The summed E-state index contributed by atoms with van der Waals surface area (Å²) in [4.78, 5) is 46.1. The summed E-state index contributed by atoms with van der Waals surface area (Å²) in [6.07, 6.45) is -0.564. The van der Waals surface area contributed by atoms with Gasteiger partial charge in [-0.2, -0.15) is 0 Å². The van der Waals surface area contributed by atoms with Crippen LogP contribution in [0.2, 0.25) is 0 Å². The molecule has 9 heteroatoms. The van der Waals surface area contributed by atoms with Crippen LogP contribution in [0.15, 0.2) is 18.2 Å². The number of ether oxygens (including phenoxy) is 4. The normalized spacial score (nSPS) is 12.7. The van der Waals surface area contributed by atoms with E-state index >= 15 is 0 Å². The summed E-state index contributed by atoms with van der Waals surface area (Å²) >= 11 is 0. The number of esters is 4. The van der Waals surface area contributed by atoms with Crippen LogP contribution in [0, 0.1) is 5.92 Å². The summed E-state index contributed by atoms with van der Waals surface area (Å²) in [5, 5.41) is 0. The molecule has 0 spiro atoms. The Morgan fingerprint density at radius 1 is 0.931 bits per heavy atom. The van der Waals surface area contributed by atoms with Gasteiger partial charge in [-0.3, -0.25) is 19.2 Å². The molecule has 2 atom stereocenters. The lowest BCUT2D eigenvalue weighted by Gasteiger charge is -2.18. The van der Waals surface area contributed by atoms with Crippen LogP contribution in [0.25, 0.3) is 0 Å². The van der Waals surface area contributed by atoms with E-state index in [9.17, 15) is 19.2 Å². The summed E-state index contributed by atoms with van der Waals surface area (Å²) < 4.78 is 20.2. The minimum absolute atomic E-state index is 0.0414. The fraction of sp³-hybridized carbons (Fsp3) is 0.500. The first-order chi connectivity index (χ1) is 13.5. The van der Waals surface area contributed by atoms with Gasteiger partial charge in [0.15, 0.2) is 11.5 Å². The van der Waals surface area contributed by atoms with Gasteiger partial charge in [0.25, 0.3) is 0 Å². The second kappa shape index (κ2) is 11.2. The van der Waals surface area contributed by atoms with Gasteiger partial charge in [0.1, 0.15) is 18.8 Å². The fourth-order valence-corrected chi connectivity index (χ4v) is 2.18. The first-order valence-electron chi connectivity index (χ1n) is 9.12. The Hall–Kier alpha value is -2.94. The smallest absolute Gasteiger partial charge is 0.323 e. The third kappa shape index (κ3) is 8.73. The largest absolute Gasteiger partial charge is 0.462 e. The predicted octanol–water partition coefficient (Wildman–Crippen LogP) is 1.54. The molecule has 0 saturated heterocycles. The average molecular weight is 409 g/mol. The Morgan fingerprint density at radius 2 is 1.52 bits per heavy atom. The number of benzene rings is 1. The molecule has 9 nitrogen and oxygen atoms in total. The Kier molecular flexibility index (Phi) is 9.27. The number of hydrogen-bond acceptors (Lipinski definition) is 9. The average Bonchev–Trinajstić information content (AvgIpc) is 2.60. The van der Waals surface area contributed by atoms with Crippen molar-refractivity contribution in [2.75, 3.05) is 6.61 Å². The van der Waals surface area contributed by atoms with Crippen LogP contribution in [0.1, 0.15) is 40.2 Å². The molecule has 0 aliphatic carbocycles. The van der Waals surface area contributed by atoms with E-state index in [1.54, 1.807) is 26.8 Å². The molecular formula is C20H27NO8. The molecule has 0 radical (unpaired) electrons. The van der Waals surface area contributed by atoms with Crippen LogP contribution in [0.5, 0.6) is 11.5 Å². The van der Waals surface area contributed by atoms with Crippen molar-refractivity contribution < 1.29 is 38.1 Å². The minimum Gasteiger partial charge on any atom is -0.462 e. The SMILES string of the molecule is CC(=O)Oc1ccc(C[C@H](N)C(=O)O[C@@H](C)COC(=O)C(C)C)cc1OC(C)=O. The van der Waals surface area contributed by atoms with Crippen LogP contribution >= 0.6 is 0 Å². The molecule has 1 aromatic rings. The van der Waals surface area contributed by atoms with Gasteiger partial charge in [-0.25, -0.2) is 0 Å². The molecule has 160 valence electrons. The van der Waals surface area contributed by atoms with Crippen LogP contribution in [-0.4, -0.2) is 42.6 Å². The molecule has 0 heterocycles. The second-order valence-electron chi connectivity index (χ2n) is 6.81. The van der Waals surface area contributed by atoms with Gasteiger partial charge in [0, 0.05) is 13.8 Å². The molecule has 29 heavy (non-hydrogen) atoms. The van der Waals surface area contributed by atoms with Crippen molar-refractivity contribution in [3.05, 3.63) is 23.8 Å². The standard InChI is InChI=1S/C20H27NO8/c1-11(2)19(24)26-10-12(3)27-20(25)16(21)8-15-6-7-17(28-13(4)22)18(9-15)29-14(5)23/h6-7,9,11-12,16H,8,10,21H2,1-5H3/t12-,16-/m0/s1. The molecule has 0 amide bonds. The van der Waals surface area contributed by atoms with E-state index in [1.807, 2.05) is 0 Å². The zero-order valence-corrected chi connectivity index (χ0v) is 17.2. The van der Waals surface area contributed by atoms with E-state index < -0.39 is 30.1 Å². The highest BCUT2D eigenvalue weighted by Crippen LogP contribution is 2.29. The number of nitrogens with two attached hydrogens (primary N) is 1. The molecule has 1 rings (SSSR count). The lowest BCUT2D eigenvalue weighted by molar-refractivity contribution is -0.160. The van der Waals surface area contributed by atoms with Gasteiger partial charge in [-0.1, -0.05) is 19.9 Å². The van der Waals surface area contributed by atoms with E-state index in [0.29, 0.717) is 5.56 Å². The van der Waals surface area contributed by atoms with Crippen LogP contribution < -0.4 is 15.2 Å². The maximum Gasteiger partial charge on any atom is 0.323 e. The monoisotopic (exact) mass is 409 g/mol. The molecule has 1 aromatic carbocycles. The maximum atomic E-state index is 12.2. The maximum absolute atomic E-state index is 12.2. The number of hydrogen-bond donors (Lipinski definition) is 1. The molecule has 0 unspecified atom stereocenters. The first-order valence-corrected chi connectivity index (χ1v) is 9.12. The molecule has 0 bridgehead atoms. The van der Waals surface area contributed by atoms with Crippen molar-refractivity contribution in [2.45, 2.75) is 53.2 Å². The van der Waals surface area contributed by atoms with Crippen LogP contribution in [0.3, 0.4) is 0 Å². The minimum atomic E-state index is -0.997. The Balaban J connectivity index is 2.73. The van der Waals surface area contributed by atoms with E-state index in [1.165, 1.54) is 26.0 Å². The quantitative estimate of drug-likeness (QED) is 0.476. The summed E-state index contributed by atoms with van der Waals surface area (Å²) in [5.41, 5.74) is 6.47. The highest BCUT2D eigenvalue weighted by molar-refractivity contribution is 5.77. The van der Waals surface area contributed by atoms with E-state index in [0.717, 1.165) is 0 Å². The molecule has 0 saturated carbocycles. The van der Waals surface area contributed by atoms with E-state index in [4.69, 9.17) is 24.7 Å². The summed E-state index contributed by atoms with van der Waals surface area (Å²) in [5.74, 6) is -2.38. The summed E-state index contributed by atoms with van der Waals surface area (Å²) in [6, 6.07) is 3.50. The molecule has 0 aliphatic rings. The molecule has 0 fully saturated rings. The van der Waals surface area contributed by atoms with Crippen molar-refractivity contribution in [2.24, 2.45) is 11.7 Å². The van der Waals surface area contributed by atoms with Gasteiger partial charge < -0.3 is 24.7 Å². The van der Waals surface area contributed by atoms with E-state index in [-0.39, 0.29) is 36.4 Å². The van der Waals surface area contributed by atoms with Gasteiger partial charge in [-0.05, 0) is 31.0 Å².